The molecule has 0 saturated heterocycles. The van der Waals surface area contributed by atoms with Crippen molar-refractivity contribution in [3.05, 3.63) is 0 Å². The Morgan fingerprint density at radius 2 is 1.79 bits per heavy atom. The number of rotatable bonds is 8. The van der Waals surface area contributed by atoms with Gasteiger partial charge < -0.3 is 15.1 Å². The summed E-state index contributed by atoms with van der Waals surface area (Å²) in [6, 6.07) is 0. The summed E-state index contributed by atoms with van der Waals surface area (Å²) in [5, 5.41) is 18.0. The quantitative estimate of drug-likeness (QED) is 0.658. The van der Waals surface area contributed by atoms with E-state index in [9.17, 15) is 14.7 Å². The maximum atomic E-state index is 12.1. The molecular weight excluding hydrogens is 246 g/mol. The number of nitrogens with zero attached hydrogens (tertiary/aromatic N) is 1. The van der Waals surface area contributed by atoms with Crippen LogP contribution in [0.5, 0.6) is 0 Å². The van der Waals surface area contributed by atoms with Crippen molar-refractivity contribution in [3.8, 4) is 0 Å². The van der Waals surface area contributed by atoms with E-state index in [0.29, 0.717) is 19.4 Å². The molecule has 19 heavy (non-hydrogen) atoms. The SMILES string of the molecule is CN(CCCCCO)C(=O)CC1(C(=O)O)CCCC1. The molecule has 1 aliphatic rings. The highest BCUT2D eigenvalue weighted by Gasteiger charge is 2.43. The number of carbonyl (C=O) groups is 2. The summed E-state index contributed by atoms with van der Waals surface area (Å²) in [6.07, 6.45) is 5.65. The lowest BCUT2D eigenvalue weighted by Crippen LogP contribution is -2.37. The molecule has 0 bridgehead atoms. The second kappa shape index (κ2) is 7.48. The first-order valence-corrected chi connectivity index (χ1v) is 7.10. The first-order chi connectivity index (χ1) is 9.02. The van der Waals surface area contributed by atoms with Gasteiger partial charge >= 0.3 is 5.97 Å². The summed E-state index contributed by atoms with van der Waals surface area (Å²) < 4.78 is 0. The molecule has 1 rings (SSSR count). The third-order valence-corrected chi connectivity index (χ3v) is 4.08. The third kappa shape index (κ3) is 4.49. The van der Waals surface area contributed by atoms with Gasteiger partial charge in [-0.25, -0.2) is 0 Å². The predicted molar refractivity (Wildman–Crippen MR) is 71.7 cm³/mol. The monoisotopic (exact) mass is 271 g/mol. The second-order valence-electron chi connectivity index (χ2n) is 5.57. The molecule has 110 valence electrons. The number of aliphatic hydroxyl groups excluding tert-OH is 1. The molecule has 5 heteroatoms. The van der Waals surface area contributed by atoms with Gasteiger partial charge in [-0.1, -0.05) is 12.8 Å². The van der Waals surface area contributed by atoms with Crippen LogP contribution in [0.2, 0.25) is 0 Å². The minimum absolute atomic E-state index is 0.0756. The highest BCUT2D eigenvalue weighted by molar-refractivity contribution is 5.85. The fourth-order valence-electron chi connectivity index (χ4n) is 2.70. The van der Waals surface area contributed by atoms with Crippen molar-refractivity contribution in [1.82, 2.24) is 4.90 Å². The maximum absolute atomic E-state index is 12.1. The van der Waals surface area contributed by atoms with E-state index in [2.05, 4.69) is 0 Å². The number of hydrogen-bond acceptors (Lipinski definition) is 3. The van der Waals surface area contributed by atoms with Crippen LogP contribution in [0.1, 0.15) is 51.4 Å². The van der Waals surface area contributed by atoms with Gasteiger partial charge in [-0.2, -0.15) is 0 Å². The smallest absolute Gasteiger partial charge is 0.310 e. The second-order valence-corrected chi connectivity index (χ2v) is 5.57. The van der Waals surface area contributed by atoms with Crippen molar-refractivity contribution in [3.63, 3.8) is 0 Å². The molecule has 0 aromatic heterocycles. The lowest BCUT2D eigenvalue weighted by atomic mass is 9.82. The number of amides is 1. The molecule has 0 radical (unpaired) electrons. The van der Waals surface area contributed by atoms with Crippen LogP contribution in [-0.4, -0.2) is 47.2 Å². The minimum Gasteiger partial charge on any atom is -0.481 e. The van der Waals surface area contributed by atoms with Gasteiger partial charge in [0.15, 0.2) is 0 Å². The molecule has 1 amide bonds. The number of carboxylic acids is 1. The van der Waals surface area contributed by atoms with E-state index in [1.807, 2.05) is 0 Å². The Bertz CT molecular complexity index is 311. The fourth-order valence-corrected chi connectivity index (χ4v) is 2.70. The first kappa shape index (κ1) is 16.0. The van der Waals surface area contributed by atoms with Crippen LogP contribution in [-0.2, 0) is 9.59 Å². The molecule has 5 nitrogen and oxygen atoms in total. The molecule has 1 fully saturated rings. The average Bonchev–Trinajstić information content (AvgIpc) is 2.84. The van der Waals surface area contributed by atoms with Crippen molar-refractivity contribution in [2.45, 2.75) is 51.4 Å². The van der Waals surface area contributed by atoms with Crippen LogP contribution in [0, 0.1) is 5.41 Å². The molecule has 0 aromatic rings. The van der Waals surface area contributed by atoms with E-state index < -0.39 is 11.4 Å². The van der Waals surface area contributed by atoms with Crippen molar-refractivity contribution < 1.29 is 19.8 Å². The van der Waals surface area contributed by atoms with Gasteiger partial charge in [-0.15, -0.1) is 0 Å². The van der Waals surface area contributed by atoms with Crippen LogP contribution >= 0.6 is 0 Å². The van der Waals surface area contributed by atoms with Crippen molar-refractivity contribution >= 4 is 11.9 Å². The van der Waals surface area contributed by atoms with E-state index in [1.165, 1.54) is 0 Å². The van der Waals surface area contributed by atoms with Gasteiger partial charge in [0.1, 0.15) is 0 Å². The number of carbonyl (C=O) groups excluding carboxylic acids is 1. The Balaban J connectivity index is 2.41. The zero-order valence-corrected chi connectivity index (χ0v) is 11.7. The molecule has 0 atom stereocenters. The van der Waals surface area contributed by atoms with Gasteiger partial charge in [-0.3, -0.25) is 9.59 Å². The Morgan fingerprint density at radius 3 is 2.32 bits per heavy atom. The molecule has 0 spiro atoms. The fraction of sp³-hybridized carbons (Fsp3) is 0.857. The van der Waals surface area contributed by atoms with Crippen LogP contribution in [0.3, 0.4) is 0 Å². The third-order valence-electron chi connectivity index (χ3n) is 4.08. The van der Waals surface area contributed by atoms with E-state index in [0.717, 1.165) is 32.1 Å². The molecule has 2 N–H and O–H groups in total. The molecule has 1 saturated carbocycles. The Labute approximate surface area is 114 Å². The lowest BCUT2D eigenvalue weighted by Gasteiger charge is -2.26. The molecule has 0 aromatic carbocycles. The topological polar surface area (TPSA) is 77.8 Å². The molecule has 0 aliphatic heterocycles. The van der Waals surface area contributed by atoms with Crippen LogP contribution in [0.25, 0.3) is 0 Å². The number of aliphatic carboxylic acids is 1. The number of hydrogen-bond donors (Lipinski definition) is 2. The molecule has 0 heterocycles. The number of carboxylic acid groups (broad SMARTS) is 1. The maximum Gasteiger partial charge on any atom is 0.310 e. The number of aliphatic hydroxyl groups is 1. The highest BCUT2D eigenvalue weighted by Crippen LogP contribution is 2.41. The predicted octanol–water partition coefficient (Wildman–Crippen LogP) is 1.64. The van der Waals surface area contributed by atoms with E-state index in [-0.39, 0.29) is 18.9 Å². The van der Waals surface area contributed by atoms with Crippen LogP contribution < -0.4 is 0 Å². The molecular formula is C14H25NO4. The Hall–Kier alpha value is -1.10. The summed E-state index contributed by atoms with van der Waals surface area (Å²) in [7, 11) is 1.73. The van der Waals surface area contributed by atoms with Crippen molar-refractivity contribution in [2.75, 3.05) is 20.2 Å². The number of unbranched alkanes of at least 4 members (excludes halogenated alkanes) is 2. The summed E-state index contributed by atoms with van der Waals surface area (Å²) in [4.78, 5) is 25.1. The lowest BCUT2D eigenvalue weighted by molar-refractivity contribution is -0.153. The van der Waals surface area contributed by atoms with Crippen molar-refractivity contribution in [2.24, 2.45) is 5.41 Å². The largest absolute Gasteiger partial charge is 0.481 e. The van der Waals surface area contributed by atoms with Gasteiger partial charge in [0, 0.05) is 26.6 Å². The molecule has 0 unspecified atom stereocenters. The van der Waals surface area contributed by atoms with Gasteiger partial charge in [-0.05, 0) is 32.1 Å². The van der Waals surface area contributed by atoms with Gasteiger partial charge in [0.2, 0.25) is 5.91 Å². The van der Waals surface area contributed by atoms with Crippen LogP contribution in [0.15, 0.2) is 0 Å². The Morgan fingerprint density at radius 1 is 1.16 bits per heavy atom. The van der Waals surface area contributed by atoms with Crippen LogP contribution in [0.4, 0.5) is 0 Å². The first-order valence-electron chi connectivity index (χ1n) is 7.10. The standard InChI is InChI=1S/C14H25NO4/c1-15(9-5-2-6-10-16)12(17)11-14(13(18)19)7-3-4-8-14/h16H,2-11H2,1H3,(H,18,19). The molecule has 1 aliphatic carbocycles. The zero-order valence-electron chi connectivity index (χ0n) is 11.7. The van der Waals surface area contributed by atoms with Gasteiger partial charge in [0.05, 0.1) is 5.41 Å². The average molecular weight is 271 g/mol. The van der Waals surface area contributed by atoms with Gasteiger partial charge in [0.25, 0.3) is 0 Å². The van der Waals surface area contributed by atoms with E-state index in [1.54, 1.807) is 11.9 Å². The van der Waals surface area contributed by atoms with Crippen molar-refractivity contribution in [1.29, 1.82) is 0 Å². The summed E-state index contributed by atoms with van der Waals surface area (Å²) in [5.41, 5.74) is -0.823. The van der Waals surface area contributed by atoms with E-state index >= 15 is 0 Å². The Kier molecular flexibility index (Phi) is 6.28. The summed E-state index contributed by atoms with van der Waals surface area (Å²) >= 11 is 0. The summed E-state index contributed by atoms with van der Waals surface area (Å²) in [6.45, 7) is 0.814. The summed E-state index contributed by atoms with van der Waals surface area (Å²) in [5.74, 6) is -0.902. The highest BCUT2D eigenvalue weighted by atomic mass is 16.4. The zero-order chi connectivity index (χ0) is 14.3. The normalized spacial score (nSPS) is 17.4. The van der Waals surface area contributed by atoms with E-state index in [4.69, 9.17) is 5.11 Å². The minimum atomic E-state index is -0.827.